The molecule has 1 aromatic rings. The molecule has 0 atom stereocenters. The van der Waals surface area contributed by atoms with E-state index in [1.807, 2.05) is 26.8 Å². The summed E-state index contributed by atoms with van der Waals surface area (Å²) in [6.45, 7) is 12.2. The maximum atomic E-state index is 13.6. The van der Waals surface area contributed by atoms with Crippen LogP contribution in [0, 0.1) is 18.2 Å². The van der Waals surface area contributed by atoms with E-state index in [4.69, 9.17) is 4.18 Å². The van der Waals surface area contributed by atoms with Gasteiger partial charge in [0.15, 0.2) is 0 Å². The summed E-state index contributed by atoms with van der Waals surface area (Å²) in [6, 6.07) is 5.17. The van der Waals surface area contributed by atoms with Gasteiger partial charge in [0.2, 0.25) is 0 Å². The largest absolute Gasteiger partial charge is 0.304 e. The molecule has 0 aliphatic heterocycles. The topological polar surface area (TPSA) is 9.23 Å². The second-order valence-electron chi connectivity index (χ2n) is 5.86. The molecular formula is C14H21FOS. The number of halogens is 1. The molecule has 1 rings (SSSR count). The lowest BCUT2D eigenvalue weighted by Gasteiger charge is -2.37. The van der Waals surface area contributed by atoms with Crippen molar-refractivity contribution in [2.75, 3.05) is 0 Å². The minimum atomic E-state index is -0.324. The molecule has 96 valence electrons. The standard InChI is InChI=1S/C14H21FOS/c1-10-7-8-12(11(15)9-10)17-16-14(5,6)13(2,3)4/h7-9H,1-6H3. The Balaban J connectivity index is 2.74. The van der Waals surface area contributed by atoms with E-state index >= 15 is 0 Å². The van der Waals surface area contributed by atoms with Gasteiger partial charge >= 0.3 is 0 Å². The molecule has 0 aliphatic carbocycles. The minimum Gasteiger partial charge on any atom is -0.304 e. The van der Waals surface area contributed by atoms with Crippen molar-refractivity contribution in [3.63, 3.8) is 0 Å². The highest BCUT2D eigenvalue weighted by molar-refractivity contribution is 7.94. The average Bonchev–Trinajstić information content (AvgIpc) is 2.14. The van der Waals surface area contributed by atoms with Crippen LogP contribution in [-0.4, -0.2) is 5.60 Å². The van der Waals surface area contributed by atoms with E-state index in [2.05, 4.69) is 20.8 Å². The summed E-state index contributed by atoms with van der Waals surface area (Å²) in [5.41, 5.74) is 0.595. The van der Waals surface area contributed by atoms with Gasteiger partial charge in [0.1, 0.15) is 5.82 Å². The van der Waals surface area contributed by atoms with Gasteiger partial charge in [-0.15, -0.1) is 0 Å². The fraction of sp³-hybridized carbons (Fsp3) is 0.571. The summed E-state index contributed by atoms with van der Waals surface area (Å²) < 4.78 is 19.4. The minimum absolute atomic E-state index is 0.00116. The van der Waals surface area contributed by atoms with E-state index in [9.17, 15) is 4.39 Å². The molecule has 0 aliphatic rings. The zero-order valence-electron chi connectivity index (χ0n) is 11.4. The van der Waals surface area contributed by atoms with E-state index < -0.39 is 0 Å². The SMILES string of the molecule is Cc1ccc(SOC(C)(C)C(C)(C)C)c(F)c1. The van der Waals surface area contributed by atoms with Gasteiger partial charge in [-0.3, -0.25) is 0 Å². The number of rotatable bonds is 3. The van der Waals surface area contributed by atoms with E-state index in [-0.39, 0.29) is 16.8 Å². The van der Waals surface area contributed by atoms with E-state index in [0.717, 1.165) is 17.6 Å². The molecule has 0 fully saturated rings. The number of hydrogen-bond acceptors (Lipinski definition) is 2. The van der Waals surface area contributed by atoms with Gasteiger partial charge < -0.3 is 4.18 Å². The molecule has 1 aromatic carbocycles. The third-order valence-electron chi connectivity index (χ3n) is 3.23. The Kier molecular flexibility index (Phi) is 4.26. The first-order chi connectivity index (χ1) is 7.63. The number of hydrogen-bond donors (Lipinski definition) is 0. The van der Waals surface area contributed by atoms with Crippen LogP contribution in [0.3, 0.4) is 0 Å². The van der Waals surface area contributed by atoms with Crippen molar-refractivity contribution < 1.29 is 8.57 Å². The molecule has 0 N–H and O–H groups in total. The lowest BCUT2D eigenvalue weighted by atomic mass is 9.79. The van der Waals surface area contributed by atoms with Crippen LogP contribution in [0.4, 0.5) is 4.39 Å². The lowest BCUT2D eigenvalue weighted by Crippen LogP contribution is -2.37. The highest BCUT2D eigenvalue weighted by Crippen LogP contribution is 2.38. The smallest absolute Gasteiger partial charge is 0.139 e. The molecule has 0 bridgehead atoms. The molecule has 0 radical (unpaired) electrons. The Labute approximate surface area is 108 Å². The summed E-state index contributed by atoms with van der Waals surface area (Å²) in [5, 5.41) is 0. The predicted molar refractivity (Wildman–Crippen MR) is 71.6 cm³/mol. The van der Waals surface area contributed by atoms with Crippen LogP contribution in [-0.2, 0) is 4.18 Å². The number of aryl methyl sites for hydroxylation is 1. The van der Waals surface area contributed by atoms with Gasteiger partial charge in [-0.25, -0.2) is 4.39 Å². The van der Waals surface area contributed by atoms with E-state index in [0.29, 0.717) is 4.90 Å². The summed E-state index contributed by atoms with van der Waals surface area (Å²) >= 11 is 1.11. The van der Waals surface area contributed by atoms with Crippen molar-refractivity contribution in [3.05, 3.63) is 29.6 Å². The third kappa shape index (κ3) is 3.71. The zero-order valence-corrected chi connectivity index (χ0v) is 12.2. The maximum absolute atomic E-state index is 13.6. The maximum Gasteiger partial charge on any atom is 0.139 e. The van der Waals surface area contributed by atoms with Crippen LogP contribution in [0.2, 0.25) is 0 Å². The first-order valence-electron chi connectivity index (χ1n) is 5.75. The Morgan fingerprint density at radius 3 is 2.18 bits per heavy atom. The molecule has 0 heterocycles. The molecular weight excluding hydrogens is 235 g/mol. The molecule has 0 spiro atoms. The van der Waals surface area contributed by atoms with Crippen molar-refractivity contribution in [1.29, 1.82) is 0 Å². The predicted octanol–water partition coefficient (Wildman–Crippen LogP) is 4.98. The summed E-state index contributed by atoms with van der Waals surface area (Å²) in [7, 11) is 0. The Morgan fingerprint density at radius 2 is 1.71 bits per heavy atom. The molecule has 17 heavy (non-hydrogen) atoms. The van der Waals surface area contributed by atoms with Gasteiger partial charge in [0.05, 0.1) is 10.5 Å². The molecule has 0 saturated carbocycles. The summed E-state index contributed by atoms with van der Waals surface area (Å²) in [4.78, 5) is 0.535. The Morgan fingerprint density at radius 1 is 1.12 bits per heavy atom. The van der Waals surface area contributed by atoms with Crippen LogP contribution in [0.25, 0.3) is 0 Å². The van der Waals surface area contributed by atoms with Gasteiger partial charge in [-0.1, -0.05) is 26.8 Å². The van der Waals surface area contributed by atoms with Gasteiger partial charge in [-0.05, 0) is 43.9 Å². The first kappa shape index (κ1) is 14.5. The second-order valence-corrected chi connectivity index (χ2v) is 6.63. The summed E-state index contributed by atoms with van der Waals surface area (Å²) in [5.74, 6) is -0.222. The lowest BCUT2D eigenvalue weighted by molar-refractivity contribution is 0.0194. The van der Waals surface area contributed by atoms with Crippen LogP contribution in [0.5, 0.6) is 0 Å². The van der Waals surface area contributed by atoms with E-state index in [1.165, 1.54) is 6.07 Å². The molecule has 0 aromatic heterocycles. The van der Waals surface area contributed by atoms with Crippen molar-refractivity contribution in [2.45, 2.75) is 52.0 Å². The first-order valence-corrected chi connectivity index (χ1v) is 6.49. The van der Waals surface area contributed by atoms with Crippen LogP contribution < -0.4 is 0 Å². The van der Waals surface area contributed by atoms with Crippen molar-refractivity contribution in [1.82, 2.24) is 0 Å². The number of benzene rings is 1. The van der Waals surface area contributed by atoms with Gasteiger partial charge in [0.25, 0.3) is 0 Å². The van der Waals surface area contributed by atoms with Gasteiger partial charge in [0, 0.05) is 12.0 Å². The van der Waals surface area contributed by atoms with Crippen molar-refractivity contribution >= 4 is 12.0 Å². The average molecular weight is 256 g/mol. The molecule has 1 nitrogen and oxygen atoms in total. The molecule has 0 saturated heterocycles. The fourth-order valence-electron chi connectivity index (χ4n) is 0.948. The molecule has 0 amide bonds. The van der Waals surface area contributed by atoms with Crippen molar-refractivity contribution in [3.8, 4) is 0 Å². The van der Waals surface area contributed by atoms with E-state index in [1.54, 1.807) is 6.07 Å². The zero-order chi connectivity index (χ0) is 13.3. The van der Waals surface area contributed by atoms with Crippen LogP contribution in [0.15, 0.2) is 23.1 Å². The normalized spacial score (nSPS) is 12.9. The molecule has 3 heteroatoms. The Bertz CT molecular complexity index is 394. The third-order valence-corrected chi connectivity index (χ3v) is 4.24. The fourth-order valence-corrected chi connectivity index (χ4v) is 1.76. The second kappa shape index (κ2) is 4.99. The Hall–Kier alpha value is -0.540. The van der Waals surface area contributed by atoms with Crippen LogP contribution >= 0.6 is 12.0 Å². The van der Waals surface area contributed by atoms with Crippen LogP contribution in [0.1, 0.15) is 40.2 Å². The highest BCUT2D eigenvalue weighted by atomic mass is 32.2. The summed E-state index contributed by atoms with van der Waals surface area (Å²) in [6.07, 6.45) is 0. The highest BCUT2D eigenvalue weighted by Gasteiger charge is 2.34. The molecule has 0 unspecified atom stereocenters. The monoisotopic (exact) mass is 256 g/mol. The van der Waals surface area contributed by atoms with Gasteiger partial charge in [-0.2, -0.15) is 0 Å². The van der Waals surface area contributed by atoms with Crippen molar-refractivity contribution in [2.24, 2.45) is 5.41 Å². The quantitative estimate of drug-likeness (QED) is 0.705.